The zero-order valence-corrected chi connectivity index (χ0v) is 15.2. The van der Waals surface area contributed by atoms with Crippen molar-refractivity contribution < 1.29 is 4.74 Å². The lowest BCUT2D eigenvalue weighted by molar-refractivity contribution is 0.272. The van der Waals surface area contributed by atoms with Crippen LogP contribution in [-0.4, -0.2) is 37.4 Å². The molecule has 0 amide bonds. The third-order valence-corrected chi connectivity index (χ3v) is 4.58. The topological polar surface area (TPSA) is 28.1 Å². The van der Waals surface area contributed by atoms with Crippen molar-refractivity contribution in [1.82, 2.24) is 5.01 Å². The molecule has 136 valence electrons. The second-order valence-electron chi connectivity index (χ2n) is 6.51. The van der Waals surface area contributed by atoms with Crippen LogP contribution in [0.5, 0.6) is 11.5 Å². The number of rotatable bonds is 5. The predicted octanol–water partition coefficient (Wildman–Crippen LogP) is 4.64. The van der Waals surface area contributed by atoms with E-state index in [-0.39, 0.29) is 0 Å². The van der Waals surface area contributed by atoms with Crippen molar-refractivity contribution in [3.05, 3.63) is 90.5 Å². The highest BCUT2D eigenvalue weighted by molar-refractivity contribution is 5.80. The van der Waals surface area contributed by atoms with Crippen molar-refractivity contribution in [1.29, 1.82) is 0 Å². The molecule has 1 fully saturated rings. The van der Waals surface area contributed by atoms with Gasteiger partial charge < -0.3 is 9.64 Å². The van der Waals surface area contributed by atoms with Crippen molar-refractivity contribution in [2.45, 2.75) is 0 Å². The van der Waals surface area contributed by atoms with Gasteiger partial charge in [0, 0.05) is 18.8 Å². The van der Waals surface area contributed by atoms with Crippen molar-refractivity contribution in [2.75, 3.05) is 31.1 Å². The maximum Gasteiger partial charge on any atom is 0.128 e. The molecule has 3 aromatic rings. The number of hydrogen-bond acceptors (Lipinski definition) is 4. The Labute approximate surface area is 160 Å². The first-order chi connectivity index (χ1) is 13.4. The third-order valence-electron chi connectivity index (χ3n) is 4.58. The molecule has 0 aromatic heterocycles. The molecule has 0 spiro atoms. The Balaban J connectivity index is 1.34. The fourth-order valence-corrected chi connectivity index (χ4v) is 3.14. The monoisotopic (exact) mass is 357 g/mol. The summed E-state index contributed by atoms with van der Waals surface area (Å²) in [6.07, 6.45) is 1.91. The second-order valence-corrected chi connectivity index (χ2v) is 6.51. The molecule has 3 aromatic carbocycles. The van der Waals surface area contributed by atoms with Gasteiger partial charge in [0.25, 0.3) is 0 Å². The average Bonchev–Trinajstić information content (AvgIpc) is 2.74. The summed E-state index contributed by atoms with van der Waals surface area (Å²) in [6, 6.07) is 28.4. The molecule has 4 rings (SSSR count). The Morgan fingerprint density at radius 2 is 1.37 bits per heavy atom. The van der Waals surface area contributed by atoms with E-state index in [1.165, 1.54) is 5.69 Å². The minimum absolute atomic E-state index is 0.819. The van der Waals surface area contributed by atoms with E-state index in [0.717, 1.165) is 43.2 Å². The van der Waals surface area contributed by atoms with E-state index in [1.54, 1.807) is 0 Å². The number of hydrazone groups is 1. The number of ether oxygens (including phenoxy) is 1. The molecule has 0 aliphatic carbocycles. The standard InChI is InChI=1S/C23H23N3O/c1-3-9-21(10-4-1)25-14-16-26(17-15-25)24-19-20-8-7-13-23(18-20)27-22-11-5-2-6-12-22/h1-13,18-19H,14-17H2/b24-19+. The molecule has 0 radical (unpaired) electrons. The quantitative estimate of drug-likeness (QED) is 0.623. The molecular weight excluding hydrogens is 334 g/mol. The van der Waals surface area contributed by atoms with Crippen LogP contribution < -0.4 is 9.64 Å². The number of piperazine rings is 1. The highest BCUT2D eigenvalue weighted by Crippen LogP contribution is 2.21. The van der Waals surface area contributed by atoms with Crippen LogP contribution in [0.25, 0.3) is 0 Å². The van der Waals surface area contributed by atoms with E-state index < -0.39 is 0 Å². The van der Waals surface area contributed by atoms with Crippen molar-refractivity contribution >= 4 is 11.9 Å². The third kappa shape index (κ3) is 4.67. The lowest BCUT2D eigenvalue weighted by Crippen LogP contribution is -2.44. The van der Waals surface area contributed by atoms with Crippen molar-refractivity contribution in [2.24, 2.45) is 5.10 Å². The first-order valence-electron chi connectivity index (χ1n) is 9.29. The number of nitrogens with zero attached hydrogens (tertiary/aromatic N) is 3. The minimum Gasteiger partial charge on any atom is -0.457 e. The Morgan fingerprint density at radius 3 is 2.11 bits per heavy atom. The summed E-state index contributed by atoms with van der Waals surface area (Å²) in [7, 11) is 0. The molecule has 1 aliphatic heterocycles. The highest BCUT2D eigenvalue weighted by atomic mass is 16.5. The highest BCUT2D eigenvalue weighted by Gasteiger charge is 2.15. The predicted molar refractivity (Wildman–Crippen MR) is 111 cm³/mol. The molecule has 0 saturated carbocycles. The number of para-hydroxylation sites is 2. The maximum absolute atomic E-state index is 5.89. The molecule has 0 atom stereocenters. The fraction of sp³-hybridized carbons (Fsp3) is 0.174. The van der Waals surface area contributed by atoms with Crippen molar-refractivity contribution in [3.63, 3.8) is 0 Å². The summed E-state index contributed by atoms with van der Waals surface area (Å²) in [4.78, 5) is 2.40. The Morgan fingerprint density at radius 1 is 0.704 bits per heavy atom. The van der Waals surface area contributed by atoms with Gasteiger partial charge in [-0.15, -0.1) is 0 Å². The molecular formula is C23H23N3O. The normalized spacial score (nSPS) is 14.5. The van der Waals surface area contributed by atoms with E-state index in [1.807, 2.05) is 60.8 Å². The molecule has 1 aliphatic rings. The summed E-state index contributed by atoms with van der Waals surface area (Å²) in [5.41, 5.74) is 2.32. The van der Waals surface area contributed by atoms with Gasteiger partial charge in [-0.05, 0) is 42.0 Å². The van der Waals surface area contributed by atoms with Gasteiger partial charge in [0.15, 0.2) is 0 Å². The van der Waals surface area contributed by atoms with E-state index >= 15 is 0 Å². The summed E-state index contributed by atoms with van der Waals surface area (Å²) in [6.45, 7) is 3.81. The van der Waals surface area contributed by atoms with Gasteiger partial charge in [-0.25, -0.2) is 0 Å². The second kappa shape index (κ2) is 8.41. The van der Waals surface area contributed by atoms with Gasteiger partial charge in [-0.2, -0.15) is 5.10 Å². The maximum atomic E-state index is 5.89. The van der Waals surface area contributed by atoms with Gasteiger partial charge in [-0.1, -0.05) is 48.5 Å². The first-order valence-corrected chi connectivity index (χ1v) is 9.29. The SMILES string of the molecule is C(=N\N1CCN(c2ccccc2)CC1)/c1cccc(Oc2ccccc2)c1. The Hall–Kier alpha value is -3.27. The molecule has 0 N–H and O–H groups in total. The van der Waals surface area contributed by atoms with Gasteiger partial charge >= 0.3 is 0 Å². The summed E-state index contributed by atoms with van der Waals surface area (Å²) in [5, 5.41) is 6.78. The molecule has 0 unspecified atom stereocenters. The average molecular weight is 357 g/mol. The van der Waals surface area contributed by atoms with Crippen LogP contribution in [-0.2, 0) is 0 Å². The number of anilines is 1. The van der Waals surface area contributed by atoms with Crippen LogP contribution >= 0.6 is 0 Å². The zero-order valence-electron chi connectivity index (χ0n) is 15.2. The van der Waals surface area contributed by atoms with Crippen molar-refractivity contribution in [3.8, 4) is 11.5 Å². The van der Waals surface area contributed by atoms with E-state index in [0.29, 0.717) is 0 Å². The fourth-order valence-electron chi connectivity index (χ4n) is 3.14. The first kappa shape index (κ1) is 17.2. The van der Waals surface area contributed by atoms with E-state index in [9.17, 15) is 0 Å². The minimum atomic E-state index is 0.819. The number of hydrogen-bond donors (Lipinski definition) is 0. The van der Waals surface area contributed by atoms with Crippen LogP contribution in [0.2, 0.25) is 0 Å². The van der Waals surface area contributed by atoms with Gasteiger partial charge in [0.1, 0.15) is 11.5 Å². The lowest BCUT2D eigenvalue weighted by Gasteiger charge is -2.34. The van der Waals surface area contributed by atoms with Crippen LogP contribution in [0.15, 0.2) is 90.0 Å². The van der Waals surface area contributed by atoms with Crippen LogP contribution in [0.4, 0.5) is 5.69 Å². The van der Waals surface area contributed by atoms with Crippen LogP contribution in [0.3, 0.4) is 0 Å². The molecule has 27 heavy (non-hydrogen) atoms. The number of benzene rings is 3. The molecule has 4 heteroatoms. The van der Waals surface area contributed by atoms with Gasteiger partial charge in [0.05, 0.1) is 19.3 Å². The van der Waals surface area contributed by atoms with Crippen LogP contribution in [0.1, 0.15) is 5.56 Å². The Bertz CT molecular complexity index is 872. The largest absolute Gasteiger partial charge is 0.457 e. The van der Waals surface area contributed by atoms with Crippen LogP contribution in [0, 0.1) is 0 Å². The summed E-state index contributed by atoms with van der Waals surface area (Å²) in [5.74, 6) is 1.66. The molecule has 1 heterocycles. The molecule has 1 saturated heterocycles. The van der Waals surface area contributed by atoms with E-state index in [4.69, 9.17) is 4.74 Å². The van der Waals surface area contributed by atoms with Gasteiger partial charge in [-0.3, -0.25) is 5.01 Å². The Kier molecular flexibility index (Phi) is 5.34. The zero-order chi connectivity index (χ0) is 18.3. The molecule has 4 nitrogen and oxygen atoms in total. The molecule has 0 bridgehead atoms. The summed E-state index contributed by atoms with van der Waals surface area (Å²) < 4.78 is 5.89. The smallest absolute Gasteiger partial charge is 0.128 e. The van der Waals surface area contributed by atoms with E-state index in [2.05, 4.69) is 45.3 Å². The van der Waals surface area contributed by atoms with Gasteiger partial charge in [0.2, 0.25) is 0 Å². The lowest BCUT2D eigenvalue weighted by atomic mass is 10.2. The summed E-state index contributed by atoms with van der Waals surface area (Å²) >= 11 is 0.